The van der Waals surface area contributed by atoms with E-state index >= 15 is 0 Å². The third-order valence-electron chi connectivity index (χ3n) is 3.76. The predicted octanol–water partition coefficient (Wildman–Crippen LogP) is 4.42. The van der Waals surface area contributed by atoms with E-state index in [2.05, 4.69) is 5.32 Å². The molecule has 27 heavy (non-hydrogen) atoms. The number of amides is 1. The van der Waals surface area contributed by atoms with Gasteiger partial charge in [-0.15, -0.1) is 0 Å². The van der Waals surface area contributed by atoms with E-state index in [0.29, 0.717) is 5.69 Å². The van der Waals surface area contributed by atoms with Gasteiger partial charge < -0.3 is 10.1 Å². The minimum Gasteiger partial charge on any atom is -0.477 e. The summed E-state index contributed by atoms with van der Waals surface area (Å²) < 4.78 is 18.5. The van der Waals surface area contributed by atoms with Gasteiger partial charge in [0, 0.05) is 23.4 Å². The average molecular weight is 366 g/mol. The number of hydrogen-bond acceptors (Lipinski definition) is 4. The van der Waals surface area contributed by atoms with Crippen molar-refractivity contribution in [1.29, 1.82) is 0 Å². The van der Waals surface area contributed by atoms with Gasteiger partial charge in [0.2, 0.25) is 5.75 Å². The number of benzene rings is 3. The highest BCUT2D eigenvalue weighted by molar-refractivity contribution is 5.96. The Morgan fingerprint density at radius 2 is 1.74 bits per heavy atom. The van der Waals surface area contributed by atoms with Crippen molar-refractivity contribution in [2.45, 2.75) is 0 Å². The molecule has 0 aliphatic heterocycles. The first-order valence-corrected chi connectivity index (χ1v) is 8.05. The summed E-state index contributed by atoms with van der Waals surface area (Å²) in [5.74, 6) is -1.51. The van der Waals surface area contributed by atoms with Crippen molar-refractivity contribution in [2.75, 3.05) is 11.9 Å². The highest BCUT2D eigenvalue weighted by atomic mass is 19.1. The molecule has 3 aromatic carbocycles. The number of nitrogens with one attached hydrogen (secondary N) is 1. The first-order valence-electron chi connectivity index (χ1n) is 8.05. The average Bonchev–Trinajstić information content (AvgIpc) is 2.67. The Kier molecular flexibility index (Phi) is 5.41. The number of rotatable bonds is 6. The largest absolute Gasteiger partial charge is 0.477 e. The first kappa shape index (κ1) is 18.1. The van der Waals surface area contributed by atoms with Crippen LogP contribution in [0.25, 0.3) is 11.1 Å². The van der Waals surface area contributed by atoms with Gasteiger partial charge in [0.15, 0.2) is 6.61 Å². The number of para-hydroxylation sites is 1. The molecule has 7 heteroatoms. The second-order valence-corrected chi connectivity index (χ2v) is 5.62. The van der Waals surface area contributed by atoms with Crippen LogP contribution in [0.5, 0.6) is 5.75 Å². The molecule has 0 unspecified atom stereocenters. The number of nitrogens with zero attached hydrogens (tertiary/aromatic N) is 1. The van der Waals surface area contributed by atoms with E-state index in [1.807, 2.05) is 42.5 Å². The molecule has 0 atom stereocenters. The molecule has 136 valence electrons. The summed E-state index contributed by atoms with van der Waals surface area (Å²) >= 11 is 0. The van der Waals surface area contributed by atoms with Crippen molar-refractivity contribution in [3.05, 3.63) is 88.7 Å². The molecule has 0 aromatic heterocycles. The molecule has 6 nitrogen and oxygen atoms in total. The second kappa shape index (κ2) is 8.09. The van der Waals surface area contributed by atoms with Gasteiger partial charge in [0.25, 0.3) is 5.91 Å². The Morgan fingerprint density at radius 3 is 2.48 bits per heavy atom. The van der Waals surface area contributed by atoms with Crippen LogP contribution >= 0.6 is 0 Å². The molecule has 1 amide bonds. The summed E-state index contributed by atoms with van der Waals surface area (Å²) in [5, 5.41) is 13.7. The molecule has 0 spiro atoms. The standard InChI is InChI=1S/C20H15FN2O4/c21-15-10-11-18(23(25)26)19(12-15)27-13-20(24)22-17-9-5-4-8-16(17)14-6-2-1-3-7-14/h1-12H,13H2,(H,22,24). The van der Waals surface area contributed by atoms with Crippen molar-refractivity contribution >= 4 is 17.3 Å². The van der Waals surface area contributed by atoms with Crippen LogP contribution in [0.15, 0.2) is 72.8 Å². The number of ether oxygens (including phenoxy) is 1. The summed E-state index contributed by atoms with van der Waals surface area (Å²) in [6, 6.07) is 19.6. The lowest BCUT2D eigenvalue weighted by Gasteiger charge is -2.12. The molecule has 0 saturated carbocycles. The van der Waals surface area contributed by atoms with E-state index in [4.69, 9.17) is 4.74 Å². The van der Waals surface area contributed by atoms with Gasteiger partial charge in [-0.3, -0.25) is 14.9 Å². The number of nitro benzene ring substituents is 1. The van der Waals surface area contributed by atoms with E-state index < -0.39 is 28.9 Å². The van der Waals surface area contributed by atoms with E-state index in [-0.39, 0.29) is 5.75 Å². The number of hydrogen-bond donors (Lipinski definition) is 1. The van der Waals surface area contributed by atoms with Crippen LogP contribution in [0, 0.1) is 15.9 Å². The Hall–Kier alpha value is -3.74. The number of carbonyl (C=O) groups is 1. The van der Waals surface area contributed by atoms with Gasteiger partial charge >= 0.3 is 5.69 Å². The molecule has 3 rings (SSSR count). The molecule has 1 N–H and O–H groups in total. The monoisotopic (exact) mass is 366 g/mol. The van der Waals surface area contributed by atoms with Crippen molar-refractivity contribution < 1.29 is 18.8 Å². The second-order valence-electron chi connectivity index (χ2n) is 5.62. The smallest absolute Gasteiger partial charge is 0.311 e. The molecule has 0 radical (unpaired) electrons. The molecule has 0 bridgehead atoms. The Morgan fingerprint density at radius 1 is 1.04 bits per heavy atom. The van der Waals surface area contributed by atoms with Crippen LogP contribution in [0.3, 0.4) is 0 Å². The highest BCUT2D eigenvalue weighted by Gasteiger charge is 2.17. The maximum Gasteiger partial charge on any atom is 0.311 e. The molecular formula is C20H15FN2O4. The first-order chi connectivity index (χ1) is 13.0. The SMILES string of the molecule is O=C(COc1cc(F)ccc1[N+](=O)[O-])Nc1ccccc1-c1ccccc1. The van der Waals surface area contributed by atoms with Crippen LogP contribution < -0.4 is 10.1 Å². The molecule has 0 aliphatic rings. The molecule has 0 aliphatic carbocycles. The Labute approximate surface area is 154 Å². The molecule has 3 aromatic rings. The van der Waals surface area contributed by atoms with Crippen LogP contribution in [-0.2, 0) is 4.79 Å². The fraction of sp³-hybridized carbons (Fsp3) is 0.0500. The summed E-state index contributed by atoms with van der Waals surface area (Å²) in [7, 11) is 0. The maximum atomic E-state index is 13.3. The van der Waals surface area contributed by atoms with Gasteiger partial charge in [-0.25, -0.2) is 4.39 Å². The zero-order chi connectivity index (χ0) is 19.2. The number of nitro groups is 1. The number of carbonyl (C=O) groups excluding carboxylic acids is 1. The number of anilines is 1. The quantitative estimate of drug-likeness (QED) is 0.517. The third kappa shape index (κ3) is 4.46. The third-order valence-corrected chi connectivity index (χ3v) is 3.76. The van der Waals surface area contributed by atoms with Crippen molar-refractivity contribution in [2.24, 2.45) is 0 Å². The lowest BCUT2D eigenvalue weighted by Crippen LogP contribution is -2.20. The molecule has 0 fully saturated rings. The lowest BCUT2D eigenvalue weighted by molar-refractivity contribution is -0.385. The minimum absolute atomic E-state index is 0.300. The normalized spacial score (nSPS) is 10.3. The summed E-state index contributed by atoms with van der Waals surface area (Å²) in [5.41, 5.74) is 1.92. The summed E-state index contributed by atoms with van der Waals surface area (Å²) in [4.78, 5) is 22.5. The molecule has 0 saturated heterocycles. The minimum atomic E-state index is -0.697. The van der Waals surface area contributed by atoms with Gasteiger partial charge in [0.05, 0.1) is 4.92 Å². The fourth-order valence-electron chi connectivity index (χ4n) is 2.55. The fourth-order valence-corrected chi connectivity index (χ4v) is 2.55. The summed E-state index contributed by atoms with van der Waals surface area (Å²) in [6.07, 6.45) is 0. The number of halogens is 1. The molecule has 0 heterocycles. The van der Waals surface area contributed by atoms with Gasteiger partial charge in [-0.1, -0.05) is 48.5 Å². The van der Waals surface area contributed by atoms with E-state index in [1.54, 1.807) is 12.1 Å². The van der Waals surface area contributed by atoms with Crippen LogP contribution in [-0.4, -0.2) is 17.4 Å². The van der Waals surface area contributed by atoms with Crippen molar-refractivity contribution in [3.63, 3.8) is 0 Å². The maximum absolute atomic E-state index is 13.3. The van der Waals surface area contributed by atoms with Crippen LogP contribution in [0.1, 0.15) is 0 Å². The van der Waals surface area contributed by atoms with Crippen molar-refractivity contribution in [1.82, 2.24) is 0 Å². The lowest BCUT2D eigenvalue weighted by atomic mass is 10.0. The van der Waals surface area contributed by atoms with E-state index in [1.165, 1.54) is 0 Å². The highest BCUT2D eigenvalue weighted by Crippen LogP contribution is 2.29. The van der Waals surface area contributed by atoms with Gasteiger partial charge in [-0.05, 0) is 17.7 Å². The Bertz CT molecular complexity index is 977. The van der Waals surface area contributed by atoms with Crippen molar-refractivity contribution in [3.8, 4) is 16.9 Å². The molecular weight excluding hydrogens is 351 g/mol. The van der Waals surface area contributed by atoms with Gasteiger partial charge in [-0.2, -0.15) is 0 Å². The van der Waals surface area contributed by atoms with E-state index in [0.717, 1.165) is 29.3 Å². The predicted molar refractivity (Wildman–Crippen MR) is 99.1 cm³/mol. The topological polar surface area (TPSA) is 81.5 Å². The zero-order valence-corrected chi connectivity index (χ0v) is 14.1. The summed E-state index contributed by atoms with van der Waals surface area (Å²) in [6.45, 7) is -0.493. The zero-order valence-electron chi connectivity index (χ0n) is 14.1. The van der Waals surface area contributed by atoms with E-state index in [9.17, 15) is 19.3 Å². The van der Waals surface area contributed by atoms with Crippen LogP contribution in [0.4, 0.5) is 15.8 Å². The van der Waals surface area contributed by atoms with Crippen LogP contribution in [0.2, 0.25) is 0 Å². The Balaban J connectivity index is 1.73. The van der Waals surface area contributed by atoms with Gasteiger partial charge in [0.1, 0.15) is 5.82 Å².